The van der Waals surface area contributed by atoms with Crippen molar-refractivity contribution in [3.63, 3.8) is 0 Å². The lowest BCUT2D eigenvalue weighted by molar-refractivity contribution is 0.268. The first kappa shape index (κ1) is 14.7. The zero-order chi connectivity index (χ0) is 11.0. The van der Waals surface area contributed by atoms with Gasteiger partial charge >= 0.3 is 9.28 Å². The molecule has 0 fully saturated rings. The predicted molar refractivity (Wildman–Crippen MR) is 64.4 cm³/mol. The molecule has 0 aromatic heterocycles. The van der Waals surface area contributed by atoms with Crippen LogP contribution in [0.25, 0.3) is 0 Å². The van der Waals surface area contributed by atoms with Crippen LogP contribution in [-0.4, -0.2) is 27.5 Å². The Kier molecular flexibility index (Phi) is 8.34. The maximum absolute atomic E-state index is 6.16. The number of hydrogen-bond donors (Lipinski definition) is 0. The molecule has 2 nitrogen and oxygen atoms in total. The fraction of sp³-hybridized carbons (Fsp3) is 1.00. The Balaban J connectivity index is 3.80. The zero-order valence-electron chi connectivity index (χ0n) is 9.19. The normalized spacial score (nSPS) is 12.4. The summed E-state index contributed by atoms with van der Waals surface area (Å²) in [7, 11) is 1.28. The van der Waals surface area contributed by atoms with Crippen molar-refractivity contribution in [1.29, 1.82) is 0 Å². The highest BCUT2D eigenvalue weighted by Crippen LogP contribution is 2.31. The summed E-state index contributed by atoms with van der Waals surface area (Å²) in [5, 5.41) is 0. The predicted octanol–water partition coefficient (Wildman–Crippen LogP) is 3.18. The third kappa shape index (κ3) is 5.56. The van der Waals surface area contributed by atoms with Gasteiger partial charge in [-0.1, -0.05) is 32.6 Å². The third-order valence-electron chi connectivity index (χ3n) is 2.14. The minimum absolute atomic E-state index is 0.759. The van der Waals surface area contributed by atoms with E-state index in [0.717, 1.165) is 12.8 Å². The van der Waals surface area contributed by atoms with Gasteiger partial charge in [0.25, 0.3) is 0 Å². The molecule has 0 saturated heterocycles. The average Bonchev–Trinajstić information content (AvgIpc) is 2.14. The van der Waals surface area contributed by atoms with E-state index in [4.69, 9.17) is 32.1 Å². The standard InChI is InChI=1S/C9H20Cl2O2Si/c1-4-5-6-7-8-9(10,11)14(12-2)13-3/h14H,4-8H2,1-3H3. The second-order valence-electron chi connectivity index (χ2n) is 3.38. The quantitative estimate of drug-likeness (QED) is 0.378. The molecule has 14 heavy (non-hydrogen) atoms. The van der Waals surface area contributed by atoms with Gasteiger partial charge in [0.1, 0.15) is 0 Å². The summed E-state index contributed by atoms with van der Waals surface area (Å²) in [6.45, 7) is 2.18. The molecule has 0 atom stereocenters. The van der Waals surface area contributed by atoms with E-state index in [2.05, 4.69) is 6.92 Å². The average molecular weight is 259 g/mol. The van der Waals surface area contributed by atoms with Crippen molar-refractivity contribution in [2.24, 2.45) is 0 Å². The monoisotopic (exact) mass is 258 g/mol. The Morgan fingerprint density at radius 3 is 2.07 bits per heavy atom. The number of alkyl halides is 2. The zero-order valence-corrected chi connectivity index (χ0v) is 11.9. The number of rotatable bonds is 8. The molecule has 0 aliphatic rings. The second kappa shape index (κ2) is 7.94. The van der Waals surface area contributed by atoms with Gasteiger partial charge in [0.2, 0.25) is 0 Å². The van der Waals surface area contributed by atoms with Gasteiger partial charge < -0.3 is 8.85 Å². The number of unbranched alkanes of at least 4 members (excludes halogenated alkanes) is 3. The smallest absolute Gasteiger partial charge is 0.358 e. The Morgan fingerprint density at radius 1 is 1.07 bits per heavy atom. The highest BCUT2D eigenvalue weighted by molar-refractivity contribution is 6.76. The lowest BCUT2D eigenvalue weighted by Gasteiger charge is -2.25. The van der Waals surface area contributed by atoms with Crippen LogP contribution in [-0.2, 0) is 8.85 Å². The molecule has 0 N–H and O–H groups in total. The largest absolute Gasteiger partial charge is 0.398 e. The lowest BCUT2D eigenvalue weighted by atomic mass is 10.2. The molecule has 0 rings (SSSR count). The fourth-order valence-corrected chi connectivity index (χ4v) is 4.00. The van der Waals surface area contributed by atoms with E-state index in [9.17, 15) is 0 Å². The summed E-state index contributed by atoms with van der Waals surface area (Å²) in [5.41, 5.74) is 0. The molecular weight excluding hydrogens is 239 g/mol. The summed E-state index contributed by atoms with van der Waals surface area (Å²) < 4.78 is 9.55. The van der Waals surface area contributed by atoms with Crippen molar-refractivity contribution in [2.75, 3.05) is 14.2 Å². The van der Waals surface area contributed by atoms with Crippen molar-refractivity contribution < 1.29 is 8.85 Å². The Bertz CT molecular complexity index is 141. The molecule has 0 aliphatic heterocycles. The third-order valence-corrected chi connectivity index (χ3v) is 5.42. The van der Waals surface area contributed by atoms with Crippen LogP contribution >= 0.6 is 23.2 Å². The first-order valence-corrected chi connectivity index (χ1v) is 7.29. The van der Waals surface area contributed by atoms with Crippen LogP contribution in [0, 0.1) is 0 Å². The van der Waals surface area contributed by atoms with Gasteiger partial charge in [-0.05, 0) is 6.42 Å². The highest BCUT2D eigenvalue weighted by Gasteiger charge is 2.37. The van der Waals surface area contributed by atoms with Crippen LogP contribution in [0.4, 0.5) is 0 Å². The fourth-order valence-electron chi connectivity index (χ4n) is 1.35. The van der Waals surface area contributed by atoms with Crippen LogP contribution < -0.4 is 0 Å². The molecule has 0 radical (unpaired) electrons. The molecule has 0 aliphatic carbocycles. The van der Waals surface area contributed by atoms with Crippen molar-refractivity contribution in [2.45, 2.75) is 43.0 Å². The first-order chi connectivity index (χ1) is 6.58. The van der Waals surface area contributed by atoms with E-state index in [1.165, 1.54) is 19.3 Å². The Morgan fingerprint density at radius 2 is 1.64 bits per heavy atom. The molecule has 86 valence electrons. The van der Waals surface area contributed by atoms with E-state index >= 15 is 0 Å². The van der Waals surface area contributed by atoms with Crippen LogP contribution in [0.5, 0.6) is 0 Å². The maximum atomic E-state index is 6.16. The molecule has 0 unspecified atom stereocenters. The van der Waals surface area contributed by atoms with Crippen molar-refractivity contribution in [3.8, 4) is 0 Å². The van der Waals surface area contributed by atoms with Crippen LogP contribution in [0.2, 0.25) is 0 Å². The van der Waals surface area contributed by atoms with E-state index < -0.39 is 13.2 Å². The summed E-state index contributed by atoms with van der Waals surface area (Å²) >= 11 is 12.3. The molecular formula is C9H20Cl2O2Si. The van der Waals surface area contributed by atoms with E-state index in [1.54, 1.807) is 14.2 Å². The highest BCUT2D eigenvalue weighted by atomic mass is 35.5. The van der Waals surface area contributed by atoms with Crippen molar-refractivity contribution >= 4 is 32.5 Å². The van der Waals surface area contributed by atoms with Gasteiger partial charge in [0, 0.05) is 14.2 Å². The van der Waals surface area contributed by atoms with Gasteiger partial charge in [-0.15, -0.1) is 23.2 Å². The van der Waals surface area contributed by atoms with Crippen LogP contribution in [0.1, 0.15) is 39.0 Å². The Labute approximate surface area is 98.7 Å². The van der Waals surface area contributed by atoms with Crippen LogP contribution in [0.3, 0.4) is 0 Å². The molecule has 5 heteroatoms. The first-order valence-electron chi connectivity index (χ1n) is 5.02. The summed E-state index contributed by atoms with van der Waals surface area (Å²) in [5.74, 6) is 0. The molecule has 0 spiro atoms. The molecule has 0 heterocycles. The van der Waals surface area contributed by atoms with Gasteiger partial charge in [-0.3, -0.25) is 0 Å². The molecule has 0 amide bonds. The number of hydrogen-bond acceptors (Lipinski definition) is 2. The molecule has 0 bridgehead atoms. The summed E-state index contributed by atoms with van der Waals surface area (Å²) in [6, 6.07) is 0. The molecule has 0 aromatic carbocycles. The van der Waals surface area contributed by atoms with Gasteiger partial charge in [-0.2, -0.15) is 0 Å². The lowest BCUT2D eigenvalue weighted by Crippen LogP contribution is -2.39. The topological polar surface area (TPSA) is 18.5 Å². The minimum atomic E-state index is -1.92. The Hall–Kier alpha value is 0.717. The molecule has 0 saturated carbocycles. The minimum Gasteiger partial charge on any atom is -0.398 e. The summed E-state index contributed by atoms with van der Waals surface area (Å²) in [4.78, 5) is 0. The van der Waals surface area contributed by atoms with Crippen LogP contribution in [0.15, 0.2) is 0 Å². The maximum Gasteiger partial charge on any atom is 0.358 e. The van der Waals surface area contributed by atoms with E-state index in [-0.39, 0.29) is 0 Å². The number of halogens is 2. The molecule has 0 aromatic rings. The van der Waals surface area contributed by atoms with Crippen molar-refractivity contribution in [3.05, 3.63) is 0 Å². The van der Waals surface area contributed by atoms with E-state index in [0.29, 0.717) is 0 Å². The summed E-state index contributed by atoms with van der Waals surface area (Å²) in [6.07, 6.45) is 5.42. The SMILES string of the molecule is CCCCCCC(Cl)(Cl)[SiH](OC)OC. The van der Waals surface area contributed by atoms with Gasteiger partial charge in [0.05, 0.1) is 0 Å². The van der Waals surface area contributed by atoms with Gasteiger partial charge in [-0.25, -0.2) is 0 Å². The van der Waals surface area contributed by atoms with Crippen molar-refractivity contribution in [1.82, 2.24) is 0 Å². The van der Waals surface area contributed by atoms with E-state index in [1.807, 2.05) is 0 Å². The second-order valence-corrected chi connectivity index (χ2v) is 8.24. The van der Waals surface area contributed by atoms with Gasteiger partial charge in [0.15, 0.2) is 3.96 Å².